The molecule has 0 radical (unpaired) electrons. The Balaban J connectivity index is 0. The van der Waals surface area contributed by atoms with E-state index in [9.17, 15) is 0 Å². The zero-order chi connectivity index (χ0) is 28.4. The van der Waals surface area contributed by atoms with Crippen molar-refractivity contribution in [1.82, 2.24) is 9.13 Å². The van der Waals surface area contributed by atoms with Gasteiger partial charge in [-0.1, -0.05) is 117 Å². The third-order valence-corrected chi connectivity index (χ3v) is 7.94. The van der Waals surface area contributed by atoms with Crippen LogP contribution < -0.4 is 10.7 Å². The SMILES string of the molecule is CCCCCCCCN=c1ccn(CCCCCCCCCCn2ccc(=NCCCCCCCC)cc2)cc1.[H-].[H-].[Mg+2]. The second kappa shape index (κ2) is 27.5. The average Bonchev–Trinajstić information content (AvgIpc) is 2.98. The third-order valence-electron chi connectivity index (χ3n) is 7.94. The number of pyridine rings is 2. The van der Waals surface area contributed by atoms with E-state index in [1.165, 1.54) is 128 Å². The monoisotopic (exact) mass is 576 g/mol. The summed E-state index contributed by atoms with van der Waals surface area (Å²) in [6.07, 6.45) is 35.5. The van der Waals surface area contributed by atoms with Crippen molar-refractivity contribution in [3.8, 4) is 0 Å². The summed E-state index contributed by atoms with van der Waals surface area (Å²) in [4.78, 5) is 9.48. The van der Waals surface area contributed by atoms with Gasteiger partial charge in [0.2, 0.25) is 0 Å². The number of hydrogen-bond acceptors (Lipinski definition) is 2. The molecule has 0 aliphatic rings. The molecule has 0 unspecified atom stereocenters. The van der Waals surface area contributed by atoms with Crippen LogP contribution in [0.1, 0.15) is 145 Å². The van der Waals surface area contributed by atoms with Crippen molar-refractivity contribution in [1.29, 1.82) is 0 Å². The molecular weight excluding hydrogens is 513 g/mol. The summed E-state index contributed by atoms with van der Waals surface area (Å²) < 4.78 is 4.63. The standard InChI is InChI=1S/C36H62N4.Mg.2H/c1-3-5-7-9-15-19-27-37-35-23-31-39(32-24-35)29-21-17-13-11-12-14-18-22-30-40-33-25-36(26-34-40)38-28-20-16-10-8-6-4-2;;;/h23-26,31-34H,3-22,27-30H2,1-2H3;;;/q;+2;2*-1. The molecule has 0 aromatic carbocycles. The van der Waals surface area contributed by atoms with Crippen LogP contribution in [-0.4, -0.2) is 45.3 Å². The quantitative estimate of drug-likeness (QED) is 0.0833. The Bertz CT molecular complexity index is 869. The van der Waals surface area contributed by atoms with E-state index < -0.39 is 0 Å². The van der Waals surface area contributed by atoms with E-state index in [0.29, 0.717) is 0 Å². The predicted octanol–water partition coefficient (Wildman–Crippen LogP) is 9.48. The molecule has 0 spiro atoms. The Morgan fingerprint density at radius 3 is 1.07 bits per heavy atom. The molecule has 0 aliphatic carbocycles. The number of aryl methyl sites for hydroxylation is 2. The predicted molar refractivity (Wildman–Crippen MR) is 181 cm³/mol. The van der Waals surface area contributed by atoms with Gasteiger partial charge in [0.15, 0.2) is 0 Å². The smallest absolute Gasteiger partial charge is 1.00 e. The molecule has 0 saturated carbocycles. The minimum atomic E-state index is 0. The molecule has 0 amide bonds. The molecule has 0 saturated heterocycles. The average molecular weight is 577 g/mol. The molecule has 0 fully saturated rings. The first-order valence-corrected chi connectivity index (χ1v) is 17.1. The Morgan fingerprint density at radius 1 is 0.439 bits per heavy atom. The van der Waals surface area contributed by atoms with Crippen LogP contribution in [0.2, 0.25) is 0 Å². The Hall–Kier alpha value is -1.33. The maximum atomic E-state index is 4.74. The van der Waals surface area contributed by atoms with Gasteiger partial charge >= 0.3 is 23.1 Å². The number of aromatic nitrogens is 2. The first-order chi connectivity index (χ1) is 19.8. The van der Waals surface area contributed by atoms with E-state index in [4.69, 9.17) is 9.98 Å². The van der Waals surface area contributed by atoms with Crippen molar-refractivity contribution in [3.05, 3.63) is 59.8 Å². The van der Waals surface area contributed by atoms with E-state index >= 15 is 0 Å². The van der Waals surface area contributed by atoms with Crippen LogP contribution in [0.4, 0.5) is 0 Å². The van der Waals surface area contributed by atoms with Gasteiger partial charge in [-0.2, -0.15) is 0 Å². The summed E-state index contributed by atoms with van der Waals surface area (Å²) in [7, 11) is 0. The fourth-order valence-electron chi connectivity index (χ4n) is 5.26. The zero-order valence-corrected chi connectivity index (χ0v) is 28.5. The summed E-state index contributed by atoms with van der Waals surface area (Å²) in [5.41, 5.74) is 0. The van der Waals surface area contributed by atoms with E-state index in [2.05, 4.69) is 72.0 Å². The van der Waals surface area contributed by atoms with Crippen molar-refractivity contribution < 1.29 is 2.85 Å². The van der Waals surface area contributed by atoms with Crippen LogP contribution >= 0.6 is 0 Å². The van der Waals surface area contributed by atoms with Gasteiger partial charge in [0, 0.05) is 51.0 Å². The summed E-state index contributed by atoms with van der Waals surface area (Å²) in [5, 5.41) is 2.27. The van der Waals surface area contributed by atoms with Gasteiger partial charge in [-0.05, 0) is 49.9 Å². The van der Waals surface area contributed by atoms with Gasteiger partial charge in [0.1, 0.15) is 0 Å². The normalized spacial score (nSPS) is 10.9. The molecule has 0 N–H and O–H groups in total. The number of unbranched alkanes of at least 4 members (excludes halogenated alkanes) is 17. The van der Waals surface area contributed by atoms with Gasteiger partial charge in [-0.25, -0.2) is 0 Å². The third kappa shape index (κ3) is 21.1. The molecule has 230 valence electrons. The molecule has 4 nitrogen and oxygen atoms in total. The molecule has 0 aliphatic heterocycles. The van der Waals surface area contributed by atoms with Gasteiger partial charge in [0.25, 0.3) is 0 Å². The Labute approximate surface area is 272 Å². The van der Waals surface area contributed by atoms with Crippen molar-refractivity contribution in [2.45, 2.75) is 155 Å². The summed E-state index contributed by atoms with van der Waals surface area (Å²) in [5.74, 6) is 0. The summed E-state index contributed by atoms with van der Waals surface area (Å²) in [6.45, 7) is 8.74. The van der Waals surface area contributed by atoms with Gasteiger partial charge < -0.3 is 12.0 Å². The second-order valence-electron chi connectivity index (χ2n) is 11.7. The summed E-state index contributed by atoms with van der Waals surface area (Å²) >= 11 is 0. The Morgan fingerprint density at radius 2 is 0.732 bits per heavy atom. The van der Waals surface area contributed by atoms with Crippen molar-refractivity contribution in [2.75, 3.05) is 13.1 Å². The van der Waals surface area contributed by atoms with Crippen molar-refractivity contribution >= 4 is 23.1 Å². The number of rotatable bonds is 25. The Kier molecular flexibility index (Phi) is 25.3. The largest absolute Gasteiger partial charge is 2.00 e. The van der Waals surface area contributed by atoms with Gasteiger partial charge in [-0.3, -0.25) is 9.98 Å². The molecular formula is C36H64MgN4. The molecule has 41 heavy (non-hydrogen) atoms. The van der Waals surface area contributed by atoms with E-state index in [1.807, 2.05) is 0 Å². The molecule has 2 rings (SSSR count). The zero-order valence-electron chi connectivity index (χ0n) is 29.1. The molecule has 2 aromatic rings. The van der Waals surface area contributed by atoms with Crippen LogP contribution in [0.25, 0.3) is 0 Å². The van der Waals surface area contributed by atoms with Gasteiger partial charge in [-0.15, -0.1) is 0 Å². The topological polar surface area (TPSA) is 34.6 Å². The first-order valence-electron chi connectivity index (χ1n) is 17.1. The minimum absolute atomic E-state index is 0. The maximum absolute atomic E-state index is 4.74. The van der Waals surface area contributed by atoms with E-state index in [0.717, 1.165) is 36.9 Å². The van der Waals surface area contributed by atoms with Gasteiger partial charge in [0.05, 0.1) is 10.7 Å². The van der Waals surface area contributed by atoms with Crippen LogP contribution in [-0.2, 0) is 13.1 Å². The fraction of sp³-hybridized carbons (Fsp3) is 0.722. The second-order valence-corrected chi connectivity index (χ2v) is 11.7. The minimum Gasteiger partial charge on any atom is -1.00 e. The first kappa shape index (κ1) is 37.7. The number of hydrogen-bond donors (Lipinski definition) is 0. The van der Waals surface area contributed by atoms with Crippen LogP contribution in [0.5, 0.6) is 0 Å². The molecule has 2 heterocycles. The summed E-state index contributed by atoms with van der Waals surface area (Å²) in [6, 6.07) is 8.71. The fourth-order valence-corrected chi connectivity index (χ4v) is 5.26. The molecule has 0 atom stereocenters. The van der Waals surface area contributed by atoms with Crippen LogP contribution in [0.15, 0.2) is 59.0 Å². The van der Waals surface area contributed by atoms with E-state index in [-0.39, 0.29) is 25.9 Å². The molecule has 2 aromatic heterocycles. The number of nitrogens with zero attached hydrogens (tertiary/aromatic N) is 4. The van der Waals surface area contributed by atoms with Crippen LogP contribution in [0, 0.1) is 0 Å². The van der Waals surface area contributed by atoms with Crippen LogP contribution in [0.3, 0.4) is 0 Å². The maximum Gasteiger partial charge on any atom is 2.00 e. The van der Waals surface area contributed by atoms with Crippen molar-refractivity contribution in [2.24, 2.45) is 9.98 Å². The van der Waals surface area contributed by atoms with Crippen molar-refractivity contribution in [3.63, 3.8) is 0 Å². The molecule has 5 heteroatoms. The van der Waals surface area contributed by atoms with E-state index in [1.54, 1.807) is 0 Å². The molecule has 0 bridgehead atoms.